The van der Waals surface area contributed by atoms with Crippen LogP contribution < -0.4 is 9.44 Å². The van der Waals surface area contributed by atoms with Gasteiger partial charge in [0.25, 0.3) is 10.2 Å². The van der Waals surface area contributed by atoms with Gasteiger partial charge in [0.2, 0.25) is 0 Å². The summed E-state index contributed by atoms with van der Waals surface area (Å²) in [5.74, 6) is 0. The fourth-order valence-electron chi connectivity index (χ4n) is 0.982. The SMILES string of the molecule is Cc1cnc(Cl)c(NS(=O)(=O)NCC(F)(F)F)c1. The highest BCUT2D eigenvalue weighted by Gasteiger charge is 2.29. The molecule has 1 aromatic rings. The molecule has 0 aliphatic carbocycles. The molecule has 10 heteroatoms. The first-order valence-electron chi connectivity index (χ1n) is 4.55. The summed E-state index contributed by atoms with van der Waals surface area (Å²) in [6.45, 7) is -0.0382. The molecule has 0 unspecified atom stereocenters. The summed E-state index contributed by atoms with van der Waals surface area (Å²) in [5.41, 5.74) is 0.513. The molecule has 18 heavy (non-hydrogen) atoms. The number of anilines is 1. The van der Waals surface area contributed by atoms with Crippen LogP contribution >= 0.6 is 11.6 Å². The second-order valence-electron chi connectivity index (χ2n) is 3.39. The molecule has 0 radical (unpaired) electrons. The van der Waals surface area contributed by atoms with E-state index in [2.05, 4.69) is 4.98 Å². The zero-order valence-electron chi connectivity index (χ0n) is 9.05. The molecule has 0 spiro atoms. The Labute approximate surface area is 107 Å². The third-order valence-electron chi connectivity index (χ3n) is 1.68. The maximum absolute atomic E-state index is 11.9. The molecule has 0 amide bonds. The Morgan fingerprint density at radius 1 is 1.44 bits per heavy atom. The second-order valence-corrected chi connectivity index (χ2v) is 5.25. The molecule has 5 nitrogen and oxygen atoms in total. The summed E-state index contributed by atoms with van der Waals surface area (Å²) in [4.78, 5) is 3.66. The van der Waals surface area contributed by atoms with E-state index in [0.717, 1.165) is 0 Å². The molecule has 0 atom stereocenters. The Morgan fingerprint density at radius 2 is 2.06 bits per heavy atom. The standard InChI is InChI=1S/C8H9ClF3N3O2S/c1-5-2-6(7(9)13-3-5)15-18(16,17)14-4-8(10,11)12/h2-3,14-15H,4H2,1H3. The Balaban J connectivity index is 2.80. The topological polar surface area (TPSA) is 71.1 Å². The molecule has 1 heterocycles. The van der Waals surface area contributed by atoms with Crippen LogP contribution in [-0.4, -0.2) is 26.1 Å². The first-order chi connectivity index (χ1) is 8.09. The van der Waals surface area contributed by atoms with E-state index in [1.165, 1.54) is 17.0 Å². The number of rotatable bonds is 4. The lowest BCUT2D eigenvalue weighted by molar-refractivity contribution is -0.121. The maximum atomic E-state index is 11.9. The molecule has 1 rings (SSSR count). The van der Waals surface area contributed by atoms with Crippen LogP contribution in [0, 0.1) is 6.92 Å². The summed E-state index contributed by atoms with van der Waals surface area (Å²) in [6.07, 6.45) is -3.24. The van der Waals surface area contributed by atoms with Crippen LogP contribution in [0.5, 0.6) is 0 Å². The zero-order valence-corrected chi connectivity index (χ0v) is 10.6. The average molecular weight is 304 g/mol. The maximum Gasteiger partial charge on any atom is 0.402 e. The van der Waals surface area contributed by atoms with Gasteiger partial charge in [0.05, 0.1) is 5.69 Å². The monoisotopic (exact) mass is 303 g/mol. The second kappa shape index (κ2) is 5.29. The Kier molecular flexibility index (Phi) is 4.41. The lowest BCUT2D eigenvalue weighted by Gasteiger charge is -2.12. The first kappa shape index (κ1) is 15.0. The van der Waals surface area contributed by atoms with Gasteiger partial charge < -0.3 is 0 Å². The smallest absolute Gasteiger partial charge is 0.268 e. The molecule has 0 saturated heterocycles. The number of aryl methyl sites for hydroxylation is 1. The number of hydrogen-bond acceptors (Lipinski definition) is 3. The fraction of sp³-hybridized carbons (Fsp3) is 0.375. The summed E-state index contributed by atoms with van der Waals surface area (Å²) >= 11 is 5.60. The van der Waals surface area contributed by atoms with Gasteiger partial charge in [0.15, 0.2) is 5.15 Å². The van der Waals surface area contributed by atoms with Crippen LogP contribution in [0.3, 0.4) is 0 Å². The van der Waals surface area contributed by atoms with Gasteiger partial charge in [0.1, 0.15) is 6.54 Å². The minimum absolute atomic E-state index is 0.0914. The van der Waals surface area contributed by atoms with Crippen molar-refractivity contribution >= 4 is 27.5 Å². The molecule has 0 fully saturated rings. The van der Waals surface area contributed by atoms with E-state index in [1.54, 1.807) is 6.92 Å². The number of hydrogen-bond donors (Lipinski definition) is 2. The number of halogens is 4. The van der Waals surface area contributed by atoms with Gasteiger partial charge in [-0.2, -0.15) is 26.3 Å². The molecule has 102 valence electrons. The van der Waals surface area contributed by atoms with Crippen molar-refractivity contribution in [2.24, 2.45) is 0 Å². The molecule has 0 aliphatic rings. The predicted octanol–water partition coefficient (Wildman–Crippen LogP) is 1.85. The highest BCUT2D eigenvalue weighted by atomic mass is 35.5. The molecule has 0 saturated carbocycles. The summed E-state index contributed by atoms with van der Waals surface area (Å²) in [6, 6.07) is 1.35. The molecule has 2 N–H and O–H groups in total. The highest BCUT2D eigenvalue weighted by Crippen LogP contribution is 2.21. The van der Waals surface area contributed by atoms with Gasteiger partial charge in [-0.15, -0.1) is 0 Å². The predicted molar refractivity (Wildman–Crippen MR) is 60.6 cm³/mol. The minimum atomic E-state index is -4.64. The van der Waals surface area contributed by atoms with E-state index < -0.39 is 22.9 Å². The van der Waals surface area contributed by atoms with Crippen LogP contribution in [-0.2, 0) is 10.2 Å². The Hall–Kier alpha value is -1.06. The van der Waals surface area contributed by atoms with Gasteiger partial charge in [-0.05, 0) is 18.6 Å². The van der Waals surface area contributed by atoms with Crippen molar-refractivity contribution in [3.63, 3.8) is 0 Å². The van der Waals surface area contributed by atoms with Crippen molar-refractivity contribution in [3.05, 3.63) is 23.0 Å². The number of pyridine rings is 1. The number of nitrogens with zero attached hydrogens (tertiary/aromatic N) is 1. The molecule has 0 aromatic carbocycles. The van der Waals surface area contributed by atoms with Crippen LogP contribution in [0.1, 0.15) is 5.56 Å². The van der Waals surface area contributed by atoms with Crippen molar-refractivity contribution in [2.75, 3.05) is 11.3 Å². The summed E-state index contributed by atoms with van der Waals surface area (Å²) in [5, 5.41) is -0.155. The molecular weight excluding hydrogens is 295 g/mol. The summed E-state index contributed by atoms with van der Waals surface area (Å²) in [7, 11) is -4.35. The van der Waals surface area contributed by atoms with Crippen LogP contribution in [0.25, 0.3) is 0 Å². The Bertz CT molecular complexity index is 533. The largest absolute Gasteiger partial charge is 0.402 e. The molecule has 0 aliphatic heterocycles. The highest BCUT2D eigenvalue weighted by molar-refractivity contribution is 7.90. The first-order valence-corrected chi connectivity index (χ1v) is 6.41. The van der Waals surface area contributed by atoms with Crippen molar-refractivity contribution in [3.8, 4) is 0 Å². The van der Waals surface area contributed by atoms with E-state index in [9.17, 15) is 21.6 Å². The third kappa shape index (κ3) is 5.07. The lowest BCUT2D eigenvalue weighted by atomic mass is 10.3. The van der Waals surface area contributed by atoms with E-state index in [0.29, 0.717) is 5.56 Å². The van der Waals surface area contributed by atoms with Crippen LogP contribution in [0.15, 0.2) is 12.3 Å². The summed E-state index contributed by atoms with van der Waals surface area (Å²) < 4.78 is 61.4. The molecule has 1 aromatic heterocycles. The van der Waals surface area contributed by atoms with Gasteiger partial charge in [0, 0.05) is 6.20 Å². The van der Waals surface area contributed by atoms with Gasteiger partial charge in [-0.3, -0.25) is 4.72 Å². The van der Waals surface area contributed by atoms with Crippen LogP contribution in [0.2, 0.25) is 5.15 Å². The normalized spacial score (nSPS) is 12.5. The van der Waals surface area contributed by atoms with E-state index in [1.807, 2.05) is 4.72 Å². The van der Waals surface area contributed by atoms with Gasteiger partial charge in [-0.25, -0.2) is 4.98 Å². The Morgan fingerprint density at radius 3 is 2.61 bits per heavy atom. The number of alkyl halides is 3. The lowest BCUT2D eigenvalue weighted by Crippen LogP contribution is -2.37. The fourth-order valence-corrected chi connectivity index (χ4v) is 2.06. The van der Waals surface area contributed by atoms with Gasteiger partial charge in [-0.1, -0.05) is 11.6 Å². The van der Waals surface area contributed by atoms with E-state index in [-0.39, 0.29) is 10.8 Å². The van der Waals surface area contributed by atoms with Crippen molar-refractivity contribution in [1.82, 2.24) is 9.71 Å². The minimum Gasteiger partial charge on any atom is -0.268 e. The third-order valence-corrected chi connectivity index (χ3v) is 3.00. The number of aromatic nitrogens is 1. The van der Waals surface area contributed by atoms with Gasteiger partial charge >= 0.3 is 6.18 Å². The average Bonchev–Trinajstić information content (AvgIpc) is 2.20. The van der Waals surface area contributed by atoms with Crippen molar-refractivity contribution in [2.45, 2.75) is 13.1 Å². The molecule has 0 bridgehead atoms. The molecular formula is C8H9ClF3N3O2S. The quantitative estimate of drug-likeness (QED) is 0.834. The van der Waals surface area contributed by atoms with Crippen LogP contribution in [0.4, 0.5) is 18.9 Å². The zero-order chi connectivity index (χ0) is 14.0. The van der Waals surface area contributed by atoms with E-state index in [4.69, 9.17) is 11.6 Å². The van der Waals surface area contributed by atoms with Crippen molar-refractivity contribution < 1.29 is 21.6 Å². The number of nitrogens with one attached hydrogen (secondary N) is 2. The van der Waals surface area contributed by atoms with E-state index >= 15 is 0 Å². The van der Waals surface area contributed by atoms with Crippen molar-refractivity contribution in [1.29, 1.82) is 0 Å².